The van der Waals surface area contributed by atoms with E-state index in [9.17, 15) is 4.39 Å². The highest BCUT2D eigenvalue weighted by atomic mass is 32.2. The largest absolute Gasteiger partial charge is 0.497 e. The summed E-state index contributed by atoms with van der Waals surface area (Å²) in [6.45, 7) is 7.84. The quantitative estimate of drug-likeness (QED) is 0.472. The molecule has 0 unspecified atom stereocenters. The monoisotopic (exact) mass is 328 g/mol. The molecule has 0 saturated carbocycles. The zero-order valence-corrected chi connectivity index (χ0v) is 14.7. The summed E-state index contributed by atoms with van der Waals surface area (Å²) in [6.07, 6.45) is 1.80. The molecule has 1 heterocycles. The van der Waals surface area contributed by atoms with E-state index in [1.54, 1.807) is 18.4 Å². The number of ether oxygens (including phenoxy) is 2. The normalized spacial score (nSPS) is 19.5. The maximum atomic E-state index is 14.8. The van der Waals surface area contributed by atoms with E-state index < -0.39 is 18.3 Å². The number of rotatable bonds is 5. The fourth-order valence-corrected chi connectivity index (χ4v) is 2.76. The summed E-state index contributed by atoms with van der Waals surface area (Å²) in [5, 5.41) is 0. The smallest absolute Gasteiger partial charge is 0.466 e. The highest BCUT2D eigenvalue weighted by Gasteiger charge is 2.52. The first-order chi connectivity index (χ1) is 10.2. The minimum absolute atomic E-state index is 0.0723. The molecule has 1 fully saturated rings. The van der Waals surface area contributed by atoms with E-state index in [1.807, 2.05) is 27.7 Å². The van der Waals surface area contributed by atoms with Crippen LogP contribution in [0.2, 0.25) is 0 Å². The summed E-state index contributed by atoms with van der Waals surface area (Å²) in [4.78, 5) is 0.421. The van der Waals surface area contributed by atoms with Gasteiger partial charge in [0.1, 0.15) is 11.6 Å². The summed E-state index contributed by atoms with van der Waals surface area (Å²) in [5.74, 6) is 0.0757. The SMILES string of the molecule is COCOc1ccc(B2OC(C)(C)C(C)(C)O2)c(F)c1SC. The fraction of sp³-hybridized carbons (Fsp3) is 0.600. The molecule has 2 rings (SSSR count). The Morgan fingerprint density at radius 1 is 1.18 bits per heavy atom. The summed E-state index contributed by atoms with van der Waals surface area (Å²) in [5.41, 5.74) is -0.628. The zero-order valence-electron chi connectivity index (χ0n) is 13.9. The van der Waals surface area contributed by atoms with Gasteiger partial charge >= 0.3 is 7.12 Å². The third kappa shape index (κ3) is 3.13. The van der Waals surface area contributed by atoms with Crippen LogP contribution < -0.4 is 10.2 Å². The highest BCUT2D eigenvalue weighted by Crippen LogP contribution is 2.38. The van der Waals surface area contributed by atoms with Crippen molar-refractivity contribution in [3.8, 4) is 5.75 Å². The van der Waals surface area contributed by atoms with E-state index in [0.717, 1.165) is 0 Å². The van der Waals surface area contributed by atoms with Crippen molar-refractivity contribution in [1.29, 1.82) is 0 Å². The Hall–Kier alpha value is -0.755. The van der Waals surface area contributed by atoms with Crippen molar-refractivity contribution in [2.75, 3.05) is 20.2 Å². The van der Waals surface area contributed by atoms with Crippen LogP contribution in [0.4, 0.5) is 4.39 Å². The molecule has 0 radical (unpaired) electrons. The van der Waals surface area contributed by atoms with Crippen molar-refractivity contribution >= 4 is 24.3 Å². The predicted octanol–water partition coefficient (Wildman–Crippen LogP) is 2.83. The number of halogens is 1. The van der Waals surface area contributed by atoms with Gasteiger partial charge in [-0.1, -0.05) is 6.07 Å². The molecule has 1 aromatic carbocycles. The Labute approximate surface area is 135 Å². The molecule has 7 heteroatoms. The molecule has 1 aliphatic rings. The van der Waals surface area contributed by atoms with Gasteiger partial charge in [0.25, 0.3) is 0 Å². The second kappa shape index (κ2) is 6.39. The van der Waals surface area contributed by atoms with E-state index in [0.29, 0.717) is 16.1 Å². The zero-order chi connectivity index (χ0) is 16.5. The van der Waals surface area contributed by atoms with Crippen LogP contribution in [0.5, 0.6) is 5.75 Å². The predicted molar refractivity (Wildman–Crippen MR) is 86.4 cm³/mol. The second-order valence-electron chi connectivity index (χ2n) is 6.14. The van der Waals surface area contributed by atoms with Crippen molar-refractivity contribution in [3.05, 3.63) is 17.9 Å². The van der Waals surface area contributed by atoms with Crippen LogP contribution in [0.25, 0.3) is 0 Å². The van der Waals surface area contributed by atoms with Gasteiger partial charge in [-0.2, -0.15) is 0 Å². The average Bonchev–Trinajstić information content (AvgIpc) is 2.64. The summed E-state index contributed by atoms with van der Waals surface area (Å²) in [6, 6.07) is 3.36. The molecular weight excluding hydrogens is 306 g/mol. The number of hydrogen-bond acceptors (Lipinski definition) is 5. The molecule has 1 aromatic rings. The molecule has 0 bridgehead atoms. The Bertz CT molecular complexity index is 535. The van der Waals surface area contributed by atoms with Gasteiger partial charge in [-0.25, -0.2) is 4.39 Å². The molecule has 0 spiro atoms. The molecule has 4 nitrogen and oxygen atoms in total. The lowest BCUT2D eigenvalue weighted by Crippen LogP contribution is -2.41. The molecule has 1 saturated heterocycles. The van der Waals surface area contributed by atoms with Crippen molar-refractivity contribution < 1.29 is 23.2 Å². The third-order valence-electron chi connectivity index (χ3n) is 4.13. The number of hydrogen-bond donors (Lipinski definition) is 0. The number of benzene rings is 1. The number of thioether (sulfide) groups is 1. The standard InChI is InChI=1S/C15H22BFO4S/c1-14(2)15(3,4)21-16(20-14)10-7-8-11(19-9-18-5)13(22-6)12(10)17/h7-8H,9H2,1-6H3. The Balaban J connectivity index is 2.34. The molecule has 0 aliphatic carbocycles. The van der Waals surface area contributed by atoms with Gasteiger partial charge in [0.2, 0.25) is 0 Å². The lowest BCUT2D eigenvalue weighted by atomic mass is 9.78. The lowest BCUT2D eigenvalue weighted by molar-refractivity contribution is 0.00578. The molecule has 0 aromatic heterocycles. The topological polar surface area (TPSA) is 36.9 Å². The van der Waals surface area contributed by atoms with E-state index in [2.05, 4.69) is 0 Å². The summed E-state index contributed by atoms with van der Waals surface area (Å²) >= 11 is 1.28. The Morgan fingerprint density at radius 3 is 2.27 bits per heavy atom. The maximum Gasteiger partial charge on any atom is 0.497 e. The minimum atomic E-state index is -0.729. The molecule has 0 N–H and O–H groups in total. The van der Waals surface area contributed by atoms with Crippen LogP contribution in [-0.4, -0.2) is 38.5 Å². The molecule has 1 aliphatic heterocycles. The first-order valence-corrected chi connectivity index (χ1v) is 8.29. The van der Waals surface area contributed by atoms with Crippen molar-refractivity contribution in [3.63, 3.8) is 0 Å². The lowest BCUT2D eigenvalue weighted by Gasteiger charge is -2.32. The van der Waals surface area contributed by atoms with E-state index in [-0.39, 0.29) is 12.6 Å². The first-order valence-electron chi connectivity index (χ1n) is 7.07. The van der Waals surface area contributed by atoms with Crippen molar-refractivity contribution in [1.82, 2.24) is 0 Å². The number of methoxy groups -OCH3 is 1. The third-order valence-corrected chi connectivity index (χ3v) is 4.92. The van der Waals surface area contributed by atoms with Gasteiger partial charge in [-0.05, 0) is 40.0 Å². The van der Waals surface area contributed by atoms with Crippen LogP contribution in [0.3, 0.4) is 0 Å². The van der Waals surface area contributed by atoms with Gasteiger partial charge in [-0.15, -0.1) is 11.8 Å². The first kappa shape index (κ1) is 17.6. The second-order valence-corrected chi connectivity index (χ2v) is 6.96. The van der Waals surface area contributed by atoms with Crippen LogP contribution in [0, 0.1) is 5.82 Å². The van der Waals surface area contributed by atoms with Crippen LogP contribution in [0.1, 0.15) is 27.7 Å². The van der Waals surface area contributed by atoms with Gasteiger partial charge in [0, 0.05) is 12.6 Å². The fourth-order valence-electron chi connectivity index (χ4n) is 2.13. The van der Waals surface area contributed by atoms with Crippen LogP contribution in [0.15, 0.2) is 17.0 Å². The molecule has 22 heavy (non-hydrogen) atoms. The van der Waals surface area contributed by atoms with Gasteiger partial charge in [0.05, 0.1) is 16.1 Å². The summed E-state index contributed by atoms with van der Waals surface area (Å²) < 4.78 is 36.9. The van der Waals surface area contributed by atoms with E-state index >= 15 is 0 Å². The average molecular weight is 328 g/mol. The molecule has 0 atom stereocenters. The van der Waals surface area contributed by atoms with E-state index in [1.165, 1.54) is 18.9 Å². The molecule has 0 amide bonds. The maximum absolute atomic E-state index is 14.8. The molecule has 122 valence electrons. The Kier molecular flexibility index (Phi) is 5.11. The van der Waals surface area contributed by atoms with Crippen molar-refractivity contribution in [2.45, 2.75) is 43.8 Å². The summed E-state index contributed by atoms with van der Waals surface area (Å²) in [7, 11) is 0.792. The highest BCUT2D eigenvalue weighted by molar-refractivity contribution is 7.98. The van der Waals surface area contributed by atoms with Gasteiger partial charge in [-0.3, -0.25) is 0 Å². The van der Waals surface area contributed by atoms with Gasteiger partial charge < -0.3 is 18.8 Å². The van der Waals surface area contributed by atoms with Crippen LogP contribution in [-0.2, 0) is 14.0 Å². The Morgan fingerprint density at radius 2 is 1.77 bits per heavy atom. The van der Waals surface area contributed by atoms with Crippen LogP contribution >= 0.6 is 11.8 Å². The molecular formula is C15H22BFO4S. The van der Waals surface area contributed by atoms with Crippen molar-refractivity contribution in [2.24, 2.45) is 0 Å². The minimum Gasteiger partial charge on any atom is -0.466 e. The van der Waals surface area contributed by atoms with Gasteiger partial charge in [0.15, 0.2) is 6.79 Å². The van der Waals surface area contributed by atoms with E-state index in [4.69, 9.17) is 18.8 Å².